The van der Waals surface area contributed by atoms with Gasteiger partial charge in [-0.25, -0.2) is 22.6 Å². The van der Waals surface area contributed by atoms with E-state index >= 15 is 0 Å². The molecule has 0 unspecified atom stereocenters. The van der Waals surface area contributed by atoms with Crippen molar-refractivity contribution in [1.29, 1.82) is 0 Å². The van der Waals surface area contributed by atoms with Crippen LogP contribution in [0.15, 0.2) is 53.4 Å². The number of primary sulfonamides is 1. The average molecular weight is 420 g/mol. The monoisotopic (exact) mass is 419 g/mol. The third-order valence-electron chi connectivity index (χ3n) is 3.61. The van der Waals surface area contributed by atoms with Gasteiger partial charge in [0.25, 0.3) is 0 Å². The lowest BCUT2D eigenvalue weighted by molar-refractivity contribution is -0.141. The molecule has 2 N–H and O–H groups in total. The molecule has 1 aromatic heterocycles. The van der Waals surface area contributed by atoms with Gasteiger partial charge < -0.3 is 0 Å². The number of alkyl halides is 3. The number of hydrogen-bond acceptors (Lipinski definition) is 3. The average Bonchev–Trinajstić information content (AvgIpc) is 2.99. The minimum Gasteiger partial charge on any atom is -0.232 e. The topological polar surface area (TPSA) is 78.0 Å². The van der Waals surface area contributed by atoms with Gasteiger partial charge in [0.2, 0.25) is 10.0 Å². The van der Waals surface area contributed by atoms with Crippen LogP contribution in [0.5, 0.6) is 0 Å². The zero-order valence-electron chi connectivity index (χ0n) is 13.2. The Morgan fingerprint density at radius 2 is 1.67 bits per heavy atom. The highest BCUT2D eigenvalue weighted by atomic mass is 35.5. The largest absolute Gasteiger partial charge is 0.435 e. The second-order valence-corrected chi connectivity index (χ2v) is 7.46. The summed E-state index contributed by atoms with van der Waals surface area (Å²) in [5, 5.41) is 8.77. The molecule has 5 nitrogen and oxygen atoms in total. The van der Waals surface area contributed by atoms with Gasteiger partial charge in [-0.05, 0) is 30.3 Å². The molecule has 0 bridgehead atoms. The third-order valence-corrected chi connectivity index (χ3v) is 4.80. The normalized spacial score (nSPS) is 12.4. The predicted octanol–water partition coefficient (Wildman–Crippen LogP) is 4.00. The van der Waals surface area contributed by atoms with Crippen molar-refractivity contribution in [2.75, 3.05) is 0 Å². The van der Waals surface area contributed by atoms with Gasteiger partial charge in [-0.2, -0.15) is 18.3 Å². The van der Waals surface area contributed by atoms with Crippen molar-refractivity contribution in [1.82, 2.24) is 9.78 Å². The van der Waals surface area contributed by atoms with Crippen molar-refractivity contribution in [2.45, 2.75) is 11.1 Å². The Kier molecular flexibility index (Phi) is 4.74. The second kappa shape index (κ2) is 6.63. The fourth-order valence-electron chi connectivity index (χ4n) is 2.39. The molecular formula is C16H10ClF4N3O2S. The van der Waals surface area contributed by atoms with E-state index in [2.05, 4.69) is 5.10 Å². The molecule has 3 rings (SSSR count). The van der Waals surface area contributed by atoms with Crippen LogP contribution in [0, 0.1) is 5.82 Å². The second-order valence-electron chi connectivity index (χ2n) is 5.49. The number of rotatable bonds is 3. The first-order valence-electron chi connectivity index (χ1n) is 7.23. The maximum atomic E-state index is 14.1. The summed E-state index contributed by atoms with van der Waals surface area (Å²) >= 11 is 5.79. The first-order valence-corrected chi connectivity index (χ1v) is 9.15. The lowest BCUT2D eigenvalue weighted by Gasteiger charge is -2.09. The van der Waals surface area contributed by atoms with Gasteiger partial charge in [-0.3, -0.25) is 0 Å². The highest BCUT2D eigenvalue weighted by molar-refractivity contribution is 7.89. The zero-order chi connectivity index (χ0) is 20.0. The van der Waals surface area contributed by atoms with E-state index in [1.165, 1.54) is 24.3 Å². The molecule has 0 aliphatic rings. The van der Waals surface area contributed by atoms with E-state index < -0.39 is 32.6 Å². The van der Waals surface area contributed by atoms with Crippen LogP contribution < -0.4 is 5.14 Å². The molecule has 142 valence electrons. The molecule has 0 spiro atoms. The molecule has 0 saturated carbocycles. The molecule has 0 amide bonds. The Labute approximate surface area is 156 Å². The van der Waals surface area contributed by atoms with Gasteiger partial charge in [0.05, 0.1) is 11.4 Å². The van der Waals surface area contributed by atoms with Gasteiger partial charge in [-0.15, -0.1) is 0 Å². The number of halogens is 5. The molecule has 0 radical (unpaired) electrons. The molecular weight excluding hydrogens is 410 g/mol. The van der Waals surface area contributed by atoms with Crippen molar-refractivity contribution in [3.05, 3.63) is 65.1 Å². The van der Waals surface area contributed by atoms with Crippen LogP contribution in [0.2, 0.25) is 5.02 Å². The summed E-state index contributed by atoms with van der Waals surface area (Å²) in [4.78, 5) is -0.775. The lowest BCUT2D eigenvalue weighted by Crippen LogP contribution is -2.14. The van der Waals surface area contributed by atoms with Crippen molar-refractivity contribution in [2.24, 2.45) is 5.14 Å². The third kappa shape index (κ3) is 3.97. The molecule has 0 aliphatic carbocycles. The fourth-order valence-corrected chi connectivity index (χ4v) is 3.11. The number of nitrogens with zero attached hydrogens (tertiary/aromatic N) is 2. The van der Waals surface area contributed by atoms with E-state index in [-0.39, 0.29) is 11.4 Å². The van der Waals surface area contributed by atoms with Crippen molar-refractivity contribution < 1.29 is 26.0 Å². The summed E-state index contributed by atoms with van der Waals surface area (Å²) in [6.45, 7) is 0. The molecule has 0 aliphatic heterocycles. The summed E-state index contributed by atoms with van der Waals surface area (Å²) < 4.78 is 76.9. The number of aromatic nitrogens is 2. The highest BCUT2D eigenvalue weighted by Crippen LogP contribution is 2.34. The Morgan fingerprint density at radius 3 is 2.19 bits per heavy atom. The number of benzene rings is 2. The van der Waals surface area contributed by atoms with Crippen LogP contribution in [0.25, 0.3) is 16.9 Å². The summed E-state index contributed by atoms with van der Waals surface area (Å²) in [6.07, 6.45) is -4.73. The maximum absolute atomic E-state index is 14.1. The molecule has 0 saturated heterocycles. The Bertz CT molecular complexity index is 1110. The first-order chi connectivity index (χ1) is 12.5. The van der Waals surface area contributed by atoms with Gasteiger partial charge in [0.15, 0.2) is 5.69 Å². The summed E-state index contributed by atoms with van der Waals surface area (Å²) in [5.74, 6) is -1.21. The Morgan fingerprint density at radius 1 is 1.04 bits per heavy atom. The molecule has 0 atom stereocenters. The summed E-state index contributed by atoms with van der Waals surface area (Å²) in [7, 11) is -4.32. The van der Waals surface area contributed by atoms with Crippen molar-refractivity contribution in [3.63, 3.8) is 0 Å². The molecule has 0 fully saturated rings. The zero-order valence-corrected chi connectivity index (χ0v) is 14.8. The highest BCUT2D eigenvalue weighted by Gasteiger charge is 2.35. The Hall–Kier alpha value is -2.43. The van der Waals surface area contributed by atoms with E-state index in [1.54, 1.807) is 0 Å². The summed E-state index contributed by atoms with van der Waals surface area (Å²) in [5.41, 5.74) is -0.941. The van der Waals surface area contributed by atoms with Crippen LogP contribution in [-0.2, 0) is 16.2 Å². The van der Waals surface area contributed by atoms with Crippen molar-refractivity contribution in [3.8, 4) is 16.9 Å². The lowest BCUT2D eigenvalue weighted by atomic mass is 10.1. The van der Waals surface area contributed by atoms with Gasteiger partial charge in [0, 0.05) is 16.7 Å². The minimum atomic E-state index is -4.73. The molecule has 27 heavy (non-hydrogen) atoms. The molecule has 3 aromatic rings. The minimum absolute atomic E-state index is 0.0155. The molecule has 1 heterocycles. The standard InChI is InChI=1S/C16H10ClF4N3O2S/c17-10-3-1-9(2-4-10)13-8-15(16(19,20)21)23-24(13)11-5-6-14(12(18)7-11)27(22,25)26/h1-8H,(H2,22,25,26). The quantitative estimate of drug-likeness (QED) is 0.652. The van der Waals surface area contributed by atoms with E-state index in [4.69, 9.17) is 16.7 Å². The van der Waals surface area contributed by atoms with Crippen LogP contribution in [0.4, 0.5) is 17.6 Å². The Balaban J connectivity index is 2.21. The summed E-state index contributed by atoms with van der Waals surface area (Å²) in [6, 6.07) is 9.42. The van der Waals surface area contributed by atoms with Crippen LogP contribution in [0.3, 0.4) is 0 Å². The van der Waals surface area contributed by atoms with Crippen LogP contribution in [0.1, 0.15) is 5.69 Å². The van der Waals surface area contributed by atoms with E-state index in [1.807, 2.05) is 0 Å². The molecule has 2 aromatic carbocycles. The first kappa shape index (κ1) is 19.3. The number of nitrogens with two attached hydrogens (primary N) is 1. The fraction of sp³-hybridized carbons (Fsp3) is 0.0625. The van der Waals surface area contributed by atoms with Crippen LogP contribution >= 0.6 is 11.6 Å². The number of sulfonamides is 1. The van der Waals surface area contributed by atoms with E-state index in [0.29, 0.717) is 10.6 Å². The van der Waals surface area contributed by atoms with Crippen molar-refractivity contribution >= 4 is 21.6 Å². The smallest absolute Gasteiger partial charge is 0.232 e. The van der Waals surface area contributed by atoms with E-state index in [9.17, 15) is 26.0 Å². The van der Waals surface area contributed by atoms with Gasteiger partial charge in [-0.1, -0.05) is 23.7 Å². The van der Waals surface area contributed by atoms with Crippen LogP contribution in [-0.4, -0.2) is 18.2 Å². The number of hydrogen-bond donors (Lipinski definition) is 1. The van der Waals surface area contributed by atoms with Gasteiger partial charge >= 0.3 is 6.18 Å². The predicted molar refractivity (Wildman–Crippen MR) is 90.3 cm³/mol. The van der Waals surface area contributed by atoms with E-state index in [0.717, 1.165) is 28.9 Å². The SMILES string of the molecule is NS(=O)(=O)c1ccc(-n2nc(C(F)(F)F)cc2-c2ccc(Cl)cc2)cc1F. The molecule has 11 heteroatoms. The van der Waals surface area contributed by atoms with Gasteiger partial charge in [0.1, 0.15) is 10.7 Å². The maximum Gasteiger partial charge on any atom is 0.435 e.